The molecule has 0 aliphatic carbocycles. The Morgan fingerprint density at radius 2 is 1.84 bits per heavy atom. The molecule has 0 saturated heterocycles. The van der Waals surface area contributed by atoms with Crippen LogP contribution in [0.25, 0.3) is 21.6 Å². The van der Waals surface area contributed by atoms with Crippen molar-refractivity contribution < 1.29 is 4.79 Å². The number of hydrogen-bond acceptors (Lipinski definition) is 6. The molecular formula is C18H13N5OS. The van der Waals surface area contributed by atoms with Crippen LogP contribution in [0.2, 0.25) is 0 Å². The Balaban J connectivity index is 1.71. The molecule has 0 aromatic carbocycles. The van der Waals surface area contributed by atoms with Crippen LogP contribution in [0.3, 0.4) is 0 Å². The monoisotopic (exact) mass is 347 g/mol. The van der Waals surface area contributed by atoms with Crippen LogP contribution in [0.15, 0.2) is 61.1 Å². The van der Waals surface area contributed by atoms with Gasteiger partial charge in [-0.15, -0.1) is 11.3 Å². The van der Waals surface area contributed by atoms with Crippen molar-refractivity contribution >= 4 is 38.8 Å². The molecule has 4 heterocycles. The fourth-order valence-electron chi connectivity index (χ4n) is 2.45. The number of rotatable bonds is 3. The number of anilines is 2. The second-order valence-corrected chi connectivity index (χ2v) is 6.30. The Labute approximate surface area is 147 Å². The summed E-state index contributed by atoms with van der Waals surface area (Å²) in [6, 6.07) is 12.8. The highest BCUT2D eigenvalue weighted by Gasteiger charge is 2.18. The normalized spacial score (nSPS) is 10.7. The van der Waals surface area contributed by atoms with Gasteiger partial charge in [-0.3, -0.25) is 14.8 Å². The van der Waals surface area contributed by atoms with Crippen LogP contribution in [-0.2, 0) is 0 Å². The van der Waals surface area contributed by atoms with Gasteiger partial charge in [0.2, 0.25) is 0 Å². The molecule has 3 N–H and O–H groups in total. The summed E-state index contributed by atoms with van der Waals surface area (Å²) in [6.07, 6.45) is 4.95. The zero-order valence-corrected chi connectivity index (χ0v) is 13.8. The molecule has 0 aliphatic heterocycles. The van der Waals surface area contributed by atoms with Gasteiger partial charge >= 0.3 is 0 Å². The number of carbonyl (C=O) groups excluding carboxylic acids is 1. The highest BCUT2D eigenvalue weighted by atomic mass is 32.1. The van der Waals surface area contributed by atoms with Crippen LogP contribution in [-0.4, -0.2) is 20.9 Å². The predicted octanol–water partition coefficient (Wildman–Crippen LogP) is 3.59. The maximum absolute atomic E-state index is 12.5. The van der Waals surface area contributed by atoms with Gasteiger partial charge in [-0.25, -0.2) is 4.98 Å². The van der Waals surface area contributed by atoms with E-state index in [4.69, 9.17) is 5.73 Å². The van der Waals surface area contributed by atoms with E-state index in [2.05, 4.69) is 20.3 Å². The molecule has 25 heavy (non-hydrogen) atoms. The molecule has 4 rings (SSSR count). The summed E-state index contributed by atoms with van der Waals surface area (Å²) < 4.78 is 0. The third-order valence-corrected chi connectivity index (χ3v) is 4.78. The minimum Gasteiger partial charge on any atom is -0.397 e. The van der Waals surface area contributed by atoms with Crippen molar-refractivity contribution in [3.05, 3.63) is 65.9 Å². The number of hydrogen-bond donors (Lipinski definition) is 2. The number of carbonyl (C=O) groups is 1. The van der Waals surface area contributed by atoms with Crippen molar-refractivity contribution in [2.24, 2.45) is 0 Å². The van der Waals surface area contributed by atoms with E-state index < -0.39 is 0 Å². The van der Waals surface area contributed by atoms with E-state index in [0.717, 1.165) is 16.8 Å². The summed E-state index contributed by atoms with van der Waals surface area (Å²) in [5, 5.41) is 3.59. The molecule has 0 saturated carbocycles. The number of fused-ring (bicyclic) bond motifs is 1. The second-order valence-electron chi connectivity index (χ2n) is 5.30. The van der Waals surface area contributed by atoms with Crippen molar-refractivity contribution in [1.29, 1.82) is 0 Å². The molecule has 0 spiro atoms. The minimum absolute atomic E-state index is 0.258. The van der Waals surface area contributed by atoms with Crippen LogP contribution in [0, 0.1) is 0 Å². The lowest BCUT2D eigenvalue weighted by Gasteiger charge is -2.03. The zero-order chi connectivity index (χ0) is 17.2. The van der Waals surface area contributed by atoms with Crippen LogP contribution in [0.4, 0.5) is 11.4 Å². The van der Waals surface area contributed by atoms with E-state index in [1.807, 2.05) is 30.3 Å². The van der Waals surface area contributed by atoms with Gasteiger partial charge in [-0.05, 0) is 36.4 Å². The Bertz CT molecular complexity index is 1050. The van der Waals surface area contributed by atoms with Gasteiger partial charge in [-0.1, -0.05) is 6.07 Å². The van der Waals surface area contributed by atoms with Crippen LogP contribution < -0.4 is 11.1 Å². The predicted molar refractivity (Wildman–Crippen MR) is 99.5 cm³/mol. The average Bonchev–Trinajstić information content (AvgIpc) is 2.99. The van der Waals surface area contributed by atoms with E-state index >= 15 is 0 Å². The molecule has 4 aromatic heterocycles. The lowest BCUT2D eigenvalue weighted by atomic mass is 10.2. The van der Waals surface area contributed by atoms with Gasteiger partial charge in [0.05, 0.1) is 17.1 Å². The summed E-state index contributed by atoms with van der Waals surface area (Å²) in [4.78, 5) is 26.5. The zero-order valence-electron chi connectivity index (χ0n) is 13.0. The largest absolute Gasteiger partial charge is 0.397 e. The quantitative estimate of drug-likeness (QED) is 0.591. The number of nitrogens with one attached hydrogen (secondary N) is 1. The van der Waals surface area contributed by atoms with Gasteiger partial charge in [-0.2, -0.15) is 0 Å². The molecule has 0 atom stereocenters. The smallest absolute Gasteiger partial charge is 0.267 e. The number of pyridine rings is 3. The molecule has 6 nitrogen and oxygen atoms in total. The highest BCUT2D eigenvalue weighted by molar-refractivity contribution is 7.21. The molecule has 0 radical (unpaired) electrons. The van der Waals surface area contributed by atoms with Crippen molar-refractivity contribution in [3.63, 3.8) is 0 Å². The lowest BCUT2D eigenvalue weighted by Crippen LogP contribution is -2.11. The van der Waals surface area contributed by atoms with Crippen molar-refractivity contribution in [3.8, 4) is 11.4 Å². The van der Waals surface area contributed by atoms with E-state index in [1.165, 1.54) is 11.3 Å². The van der Waals surface area contributed by atoms with E-state index in [-0.39, 0.29) is 5.91 Å². The third-order valence-electron chi connectivity index (χ3n) is 3.67. The SMILES string of the molecule is Nc1c(C(=O)Nc2ccncc2)sc2nc(-c3ccccn3)ccc12. The summed E-state index contributed by atoms with van der Waals surface area (Å²) in [5.41, 5.74) is 8.79. The molecule has 0 aliphatic rings. The molecule has 4 aromatic rings. The summed E-state index contributed by atoms with van der Waals surface area (Å²) in [6.45, 7) is 0. The van der Waals surface area contributed by atoms with Gasteiger partial charge in [0.15, 0.2) is 0 Å². The summed E-state index contributed by atoms with van der Waals surface area (Å²) in [7, 11) is 0. The number of amides is 1. The molecule has 122 valence electrons. The van der Waals surface area contributed by atoms with Crippen molar-refractivity contribution in [2.45, 2.75) is 0 Å². The summed E-state index contributed by atoms with van der Waals surface area (Å²) in [5.74, 6) is -0.258. The fourth-order valence-corrected chi connectivity index (χ4v) is 3.43. The maximum atomic E-state index is 12.5. The van der Waals surface area contributed by atoms with Gasteiger partial charge < -0.3 is 11.1 Å². The molecule has 1 amide bonds. The average molecular weight is 347 g/mol. The van der Waals surface area contributed by atoms with Gasteiger partial charge in [0.25, 0.3) is 5.91 Å². The number of nitrogens with two attached hydrogens (primary N) is 1. The topological polar surface area (TPSA) is 93.8 Å². The van der Waals surface area contributed by atoms with Crippen molar-refractivity contribution in [2.75, 3.05) is 11.1 Å². The van der Waals surface area contributed by atoms with Gasteiger partial charge in [0.1, 0.15) is 9.71 Å². The third kappa shape index (κ3) is 2.92. The van der Waals surface area contributed by atoms with Crippen molar-refractivity contribution in [1.82, 2.24) is 15.0 Å². The number of thiophene rings is 1. The number of nitrogens with zero attached hydrogens (tertiary/aromatic N) is 3. The van der Waals surface area contributed by atoms with Crippen LogP contribution >= 0.6 is 11.3 Å². The minimum atomic E-state index is -0.258. The fraction of sp³-hybridized carbons (Fsp3) is 0. The first-order valence-corrected chi connectivity index (χ1v) is 8.36. The molecule has 0 bridgehead atoms. The first-order valence-electron chi connectivity index (χ1n) is 7.54. The highest BCUT2D eigenvalue weighted by Crippen LogP contribution is 2.34. The molecule has 0 fully saturated rings. The second kappa shape index (κ2) is 6.29. The molecular weight excluding hydrogens is 334 g/mol. The Kier molecular flexibility index (Phi) is 3.83. The first kappa shape index (κ1) is 15.2. The Morgan fingerprint density at radius 3 is 2.60 bits per heavy atom. The van der Waals surface area contributed by atoms with Crippen LogP contribution in [0.1, 0.15) is 9.67 Å². The maximum Gasteiger partial charge on any atom is 0.267 e. The van der Waals surface area contributed by atoms with E-state index in [1.54, 1.807) is 30.7 Å². The number of aromatic nitrogens is 3. The molecule has 7 heteroatoms. The standard InChI is InChI=1S/C18H13N5OS/c19-15-12-4-5-14(13-3-1-2-8-21-13)23-18(12)25-16(15)17(24)22-11-6-9-20-10-7-11/h1-10H,19H2,(H,20,22,24). The van der Waals surface area contributed by atoms with Gasteiger partial charge in [0, 0.05) is 29.7 Å². The Morgan fingerprint density at radius 1 is 1.00 bits per heavy atom. The van der Waals surface area contributed by atoms with Crippen LogP contribution in [0.5, 0.6) is 0 Å². The number of nitrogen functional groups attached to an aromatic ring is 1. The lowest BCUT2D eigenvalue weighted by molar-refractivity contribution is 0.103. The molecule has 0 unspecified atom stereocenters. The van der Waals surface area contributed by atoms with E-state index in [0.29, 0.717) is 21.1 Å². The summed E-state index contributed by atoms with van der Waals surface area (Å²) >= 11 is 1.27. The Hall–Kier alpha value is -3.32. The first-order chi connectivity index (χ1) is 12.2. The van der Waals surface area contributed by atoms with E-state index in [9.17, 15) is 4.79 Å².